The van der Waals surface area contributed by atoms with Crippen LogP contribution in [0.2, 0.25) is 0 Å². The summed E-state index contributed by atoms with van der Waals surface area (Å²) in [5.41, 5.74) is 1.32. The molecule has 0 bridgehead atoms. The minimum atomic E-state index is 0.576. The van der Waals surface area contributed by atoms with E-state index in [-0.39, 0.29) is 0 Å². The first-order valence-electron chi connectivity index (χ1n) is 6.16. The molecule has 1 heterocycles. The second-order valence-electron chi connectivity index (χ2n) is 4.03. The van der Waals surface area contributed by atoms with E-state index in [2.05, 4.69) is 55.5 Å². The number of anilines is 1. The van der Waals surface area contributed by atoms with Crippen LogP contribution in [0.25, 0.3) is 0 Å². The number of aromatic nitrogens is 2. The van der Waals surface area contributed by atoms with Crippen molar-refractivity contribution in [1.82, 2.24) is 9.97 Å². The Bertz CT molecular complexity index is 519. The zero-order chi connectivity index (χ0) is 13.5. The Labute approximate surface area is 121 Å². The van der Waals surface area contributed by atoms with E-state index in [4.69, 9.17) is 4.74 Å². The normalized spacial score (nSPS) is 10.2. The predicted octanol–water partition coefficient (Wildman–Crippen LogP) is 3.29. The minimum absolute atomic E-state index is 0.576. The lowest BCUT2D eigenvalue weighted by Gasteiger charge is -2.09. The summed E-state index contributed by atoms with van der Waals surface area (Å²) in [7, 11) is 1.81. The smallest absolute Gasteiger partial charge is 0.233 e. The van der Waals surface area contributed by atoms with Crippen molar-refractivity contribution in [2.45, 2.75) is 12.8 Å². The van der Waals surface area contributed by atoms with Gasteiger partial charge in [-0.1, -0.05) is 30.3 Å². The molecule has 0 aliphatic rings. The molecule has 0 fully saturated rings. The van der Waals surface area contributed by atoms with Crippen LogP contribution in [0.3, 0.4) is 0 Å². The molecule has 0 saturated heterocycles. The number of ether oxygens (including phenoxy) is 1. The summed E-state index contributed by atoms with van der Waals surface area (Å²) in [5, 5.41) is 2.97. The molecule has 0 saturated carbocycles. The second kappa shape index (κ2) is 7.09. The number of halogens is 1. The Morgan fingerprint density at radius 3 is 2.74 bits per heavy atom. The summed E-state index contributed by atoms with van der Waals surface area (Å²) < 4.78 is 6.42. The maximum absolute atomic E-state index is 5.66. The molecular weight excluding hydrogens is 306 g/mol. The van der Waals surface area contributed by atoms with Crippen LogP contribution in [-0.4, -0.2) is 23.6 Å². The van der Waals surface area contributed by atoms with Crippen molar-refractivity contribution in [2.24, 2.45) is 0 Å². The van der Waals surface area contributed by atoms with E-state index >= 15 is 0 Å². The molecule has 0 aliphatic carbocycles. The third-order valence-corrected chi connectivity index (χ3v) is 3.40. The van der Waals surface area contributed by atoms with Gasteiger partial charge in [-0.05, 0) is 34.3 Å². The van der Waals surface area contributed by atoms with Crippen molar-refractivity contribution < 1.29 is 4.74 Å². The summed E-state index contributed by atoms with van der Waals surface area (Å²) in [6, 6.07) is 10.4. The molecule has 0 radical (unpaired) electrons. The maximum Gasteiger partial charge on any atom is 0.233 e. The van der Waals surface area contributed by atoms with E-state index in [0.29, 0.717) is 12.5 Å². The van der Waals surface area contributed by atoms with Crippen molar-refractivity contribution in [3.63, 3.8) is 0 Å². The molecular formula is C14H16BrN3O. The van der Waals surface area contributed by atoms with Gasteiger partial charge in [0.1, 0.15) is 16.6 Å². The van der Waals surface area contributed by atoms with Gasteiger partial charge in [-0.2, -0.15) is 0 Å². The molecule has 0 aliphatic heterocycles. The van der Waals surface area contributed by atoms with Crippen LogP contribution in [0.1, 0.15) is 12.0 Å². The molecule has 0 atom stereocenters. The first-order chi connectivity index (χ1) is 9.31. The lowest BCUT2D eigenvalue weighted by atomic mass is 10.1. The average Bonchev–Trinajstić information content (AvgIpc) is 2.46. The quantitative estimate of drug-likeness (QED) is 0.829. The summed E-state index contributed by atoms with van der Waals surface area (Å²) >= 11 is 3.43. The zero-order valence-corrected chi connectivity index (χ0v) is 12.4. The van der Waals surface area contributed by atoms with E-state index in [1.165, 1.54) is 11.9 Å². The third-order valence-electron chi connectivity index (χ3n) is 2.69. The van der Waals surface area contributed by atoms with E-state index < -0.39 is 0 Å². The van der Waals surface area contributed by atoms with Gasteiger partial charge in [-0.25, -0.2) is 9.97 Å². The molecule has 100 valence electrons. The predicted molar refractivity (Wildman–Crippen MR) is 79.5 cm³/mol. The molecule has 1 N–H and O–H groups in total. The second-order valence-corrected chi connectivity index (χ2v) is 4.82. The fourth-order valence-corrected chi connectivity index (χ4v) is 2.24. The van der Waals surface area contributed by atoms with Gasteiger partial charge in [-0.15, -0.1) is 0 Å². The summed E-state index contributed by atoms with van der Waals surface area (Å²) in [5.74, 6) is 1.31. The van der Waals surface area contributed by atoms with Crippen LogP contribution >= 0.6 is 15.9 Å². The average molecular weight is 322 g/mol. The van der Waals surface area contributed by atoms with Crippen molar-refractivity contribution >= 4 is 21.7 Å². The Hall–Kier alpha value is -1.62. The van der Waals surface area contributed by atoms with Crippen molar-refractivity contribution in [3.8, 4) is 5.88 Å². The molecule has 0 amide bonds. The van der Waals surface area contributed by atoms with Gasteiger partial charge in [0, 0.05) is 7.05 Å². The summed E-state index contributed by atoms with van der Waals surface area (Å²) in [4.78, 5) is 8.20. The summed E-state index contributed by atoms with van der Waals surface area (Å²) in [6.45, 7) is 0.633. The first kappa shape index (κ1) is 13.8. The molecule has 0 unspecified atom stereocenters. The van der Waals surface area contributed by atoms with Crippen LogP contribution in [-0.2, 0) is 6.42 Å². The van der Waals surface area contributed by atoms with Gasteiger partial charge in [0.05, 0.1) is 6.61 Å². The van der Waals surface area contributed by atoms with Crippen molar-refractivity contribution in [3.05, 3.63) is 46.7 Å². The Morgan fingerprint density at radius 1 is 1.21 bits per heavy atom. The lowest BCUT2D eigenvalue weighted by molar-refractivity contribution is 0.297. The van der Waals surface area contributed by atoms with Crippen molar-refractivity contribution in [1.29, 1.82) is 0 Å². The third kappa shape index (κ3) is 3.92. The Kier molecular flexibility index (Phi) is 5.15. The van der Waals surface area contributed by atoms with Gasteiger partial charge in [0.15, 0.2) is 0 Å². The highest BCUT2D eigenvalue weighted by Gasteiger charge is 2.08. The number of nitrogens with one attached hydrogen (secondary N) is 1. The van der Waals surface area contributed by atoms with E-state index in [9.17, 15) is 0 Å². The molecule has 5 heteroatoms. The van der Waals surface area contributed by atoms with Gasteiger partial charge >= 0.3 is 0 Å². The van der Waals surface area contributed by atoms with E-state index in [1.54, 1.807) is 0 Å². The van der Waals surface area contributed by atoms with Crippen molar-refractivity contribution in [2.75, 3.05) is 19.0 Å². The fourth-order valence-electron chi connectivity index (χ4n) is 1.72. The highest BCUT2D eigenvalue weighted by Crippen LogP contribution is 2.27. The SMILES string of the molecule is CNc1ncnc(OCCCc2ccccc2)c1Br. The number of benzene rings is 1. The highest BCUT2D eigenvalue weighted by molar-refractivity contribution is 9.10. The molecule has 1 aromatic heterocycles. The zero-order valence-electron chi connectivity index (χ0n) is 10.8. The molecule has 1 aromatic carbocycles. The monoisotopic (exact) mass is 321 g/mol. The Balaban J connectivity index is 1.83. The number of aryl methyl sites for hydroxylation is 1. The van der Waals surface area contributed by atoms with Crippen LogP contribution in [0.4, 0.5) is 5.82 Å². The standard InChI is InChI=1S/C14H16BrN3O/c1-16-13-12(15)14(18-10-17-13)19-9-5-8-11-6-3-2-4-7-11/h2-4,6-7,10H,5,8-9H2,1H3,(H,16,17,18). The minimum Gasteiger partial charge on any atom is -0.477 e. The number of rotatable bonds is 6. The molecule has 2 aromatic rings. The number of nitrogens with zero attached hydrogens (tertiary/aromatic N) is 2. The molecule has 2 rings (SSSR count). The largest absolute Gasteiger partial charge is 0.477 e. The number of hydrogen-bond donors (Lipinski definition) is 1. The fraction of sp³-hybridized carbons (Fsp3) is 0.286. The van der Waals surface area contributed by atoms with Gasteiger partial charge in [0.2, 0.25) is 5.88 Å². The lowest BCUT2D eigenvalue weighted by Crippen LogP contribution is -2.03. The Morgan fingerprint density at radius 2 is 2.00 bits per heavy atom. The molecule has 19 heavy (non-hydrogen) atoms. The van der Waals surface area contributed by atoms with E-state index in [0.717, 1.165) is 23.1 Å². The van der Waals surface area contributed by atoms with Crippen LogP contribution < -0.4 is 10.1 Å². The van der Waals surface area contributed by atoms with Crippen LogP contribution in [0.15, 0.2) is 41.1 Å². The van der Waals surface area contributed by atoms with Gasteiger partial charge in [0.25, 0.3) is 0 Å². The maximum atomic E-state index is 5.66. The van der Waals surface area contributed by atoms with Crippen LogP contribution in [0.5, 0.6) is 5.88 Å². The first-order valence-corrected chi connectivity index (χ1v) is 6.95. The summed E-state index contributed by atoms with van der Waals surface area (Å²) in [6.07, 6.45) is 3.45. The number of hydrogen-bond acceptors (Lipinski definition) is 4. The highest BCUT2D eigenvalue weighted by atomic mass is 79.9. The van der Waals surface area contributed by atoms with E-state index in [1.807, 2.05) is 13.1 Å². The molecule has 4 nitrogen and oxygen atoms in total. The van der Waals surface area contributed by atoms with Gasteiger partial charge < -0.3 is 10.1 Å². The molecule has 0 spiro atoms. The topological polar surface area (TPSA) is 47.0 Å². The van der Waals surface area contributed by atoms with Crippen LogP contribution in [0, 0.1) is 0 Å². The van der Waals surface area contributed by atoms with Gasteiger partial charge in [-0.3, -0.25) is 0 Å².